The third-order valence-electron chi connectivity index (χ3n) is 3.91. The molecule has 2 unspecified atom stereocenters. The Labute approximate surface area is 127 Å². The summed E-state index contributed by atoms with van der Waals surface area (Å²) in [7, 11) is 2.15. The number of nitro benzene ring substituents is 1. The predicted molar refractivity (Wildman–Crippen MR) is 82.7 cm³/mol. The van der Waals surface area contributed by atoms with Crippen LogP contribution in [0.4, 0.5) is 5.69 Å². The number of likely N-dealkylation sites (tertiary alicyclic amines) is 1. The Morgan fingerprint density at radius 1 is 1.55 bits per heavy atom. The Hall–Kier alpha value is -0.980. The number of nitrogens with zero attached hydrogens (tertiary/aromatic N) is 2. The molecule has 1 fully saturated rings. The van der Waals surface area contributed by atoms with Crippen LogP contribution in [0.25, 0.3) is 0 Å². The molecule has 6 heteroatoms. The number of hydrogen-bond donors (Lipinski definition) is 1. The van der Waals surface area contributed by atoms with Gasteiger partial charge in [0.2, 0.25) is 0 Å². The molecule has 20 heavy (non-hydrogen) atoms. The summed E-state index contributed by atoms with van der Waals surface area (Å²) in [6.07, 6.45) is 1.14. The Bertz CT molecular complexity index is 495. The largest absolute Gasteiger partial charge is 0.310 e. The van der Waals surface area contributed by atoms with Crippen LogP contribution in [-0.2, 0) is 6.54 Å². The van der Waals surface area contributed by atoms with Crippen molar-refractivity contribution in [3.8, 4) is 0 Å². The van der Waals surface area contributed by atoms with E-state index < -0.39 is 0 Å². The minimum Gasteiger partial charge on any atom is -0.310 e. The molecule has 110 valence electrons. The smallest absolute Gasteiger partial charge is 0.270 e. The quantitative estimate of drug-likeness (QED) is 0.675. The van der Waals surface area contributed by atoms with Gasteiger partial charge in [-0.25, -0.2) is 0 Å². The predicted octanol–water partition coefficient (Wildman–Crippen LogP) is 2.79. The van der Waals surface area contributed by atoms with Gasteiger partial charge in [0.25, 0.3) is 5.69 Å². The zero-order valence-electron chi connectivity index (χ0n) is 11.8. The number of piperidine rings is 1. The topological polar surface area (TPSA) is 58.4 Å². The normalized spacial score (nSPS) is 23.8. The van der Waals surface area contributed by atoms with Crippen molar-refractivity contribution in [1.29, 1.82) is 0 Å². The van der Waals surface area contributed by atoms with Crippen LogP contribution in [0.3, 0.4) is 0 Å². The molecule has 1 saturated heterocycles. The standard InChI is InChI=1S/C14H20BrN3O2/c1-10-9-17(2)6-5-14(10)16-8-11-3-4-12(18(19)20)7-13(11)15/h3-4,7,10,14,16H,5-6,8-9H2,1-2H3. The van der Waals surface area contributed by atoms with E-state index in [0.717, 1.165) is 36.1 Å². The lowest BCUT2D eigenvalue weighted by Gasteiger charge is -2.35. The molecule has 0 bridgehead atoms. The van der Waals surface area contributed by atoms with Crippen molar-refractivity contribution in [3.63, 3.8) is 0 Å². The molecular formula is C14H20BrN3O2. The summed E-state index contributed by atoms with van der Waals surface area (Å²) < 4.78 is 0.791. The van der Waals surface area contributed by atoms with Gasteiger partial charge in [0, 0.05) is 35.7 Å². The lowest BCUT2D eigenvalue weighted by molar-refractivity contribution is -0.384. The van der Waals surface area contributed by atoms with E-state index in [1.165, 1.54) is 0 Å². The minimum atomic E-state index is -0.374. The molecule has 0 aromatic heterocycles. The van der Waals surface area contributed by atoms with E-state index in [4.69, 9.17) is 0 Å². The van der Waals surface area contributed by atoms with Crippen LogP contribution in [0.15, 0.2) is 22.7 Å². The Balaban J connectivity index is 1.95. The van der Waals surface area contributed by atoms with E-state index in [1.54, 1.807) is 12.1 Å². The first-order valence-electron chi connectivity index (χ1n) is 6.82. The van der Waals surface area contributed by atoms with Gasteiger partial charge < -0.3 is 10.2 Å². The van der Waals surface area contributed by atoms with Gasteiger partial charge in [-0.05, 0) is 37.6 Å². The number of hydrogen-bond acceptors (Lipinski definition) is 4. The van der Waals surface area contributed by atoms with E-state index >= 15 is 0 Å². The number of nitrogens with one attached hydrogen (secondary N) is 1. The van der Waals surface area contributed by atoms with Gasteiger partial charge >= 0.3 is 0 Å². The summed E-state index contributed by atoms with van der Waals surface area (Å²) in [4.78, 5) is 12.7. The number of rotatable bonds is 4. The molecule has 0 aliphatic carbocycles. The fourth-order valence-corrected chi connectivity index (χ4v) is 3.20. The first-order chi connectivity index (χ1) is 9.47. The monoisotopic (exact) mass is 341 g/mol. The number of nitro groups is 1. The molecule has 2 rings (SSSR count). The minimum absolute atomic E-state index is 0.119. The van der Waals surface area contributed by atoms with Gasteiger partial charge in [-0.1, -0.05) is 22.9 Å². The number of benzene rings is 1. The van der Waals surface area contributed by atoms with Crippen molar-refractivity contribution in [3.05, 3.63) is 38.3 Å². The summed E-state index contributed by atoms with van der Waals surface area (Å²) in [5.74, 6) is 0.616. The lowest BCUT2D eigenvalue weighted by Crippen LogP contribution is -2.46. The fraction of sp³-hybridized carbons (Fsp3) is 0.571. The highest BCUT2D eigenvalue weighted by atomic mass is 79.9. The van der Waals surface area contributed by atoms with Crippen LogP contribution >= 0.6 is 15.9 Å². The van der Waals surface area contributed by atoms with Crippen LogP contribution in [0.5, 0.6) is 0 Å². The van der Waals surface area contributed by atoms with Crippen LogP contribution in [-0.4, -0.2) is 36.0 Å². The molecule has 1 aliphatic heterocycles. The molecule has 0 saturated carbocycles. The Kier molecular flexibility index (Phi) is 5.12. The average Bonchev–Trinajstić information content (AvgIpc) is 2.38. The second-order valence-electron chi connectivity index (χ2n) is 5.55. The van der Waals surface area contributed by atoms with Crippen molar-refractivity contribution >= 4 is 21.6 Å². The number of halogens is 1. The second-order valence-corrected chi connectivity index (χ2v) is 6.40. The van der Waals surface area contributed by atoms with Gasteiger partial charge in [0.05, 0.1) is 4.92 Å². The highest BCUT2D eigenvalue weighted by molar-refractivity contribution is 9.10. The summed E-state index contributed by atoms with van der Waals surface area (Å²) >= 11 is 3.41. The maximum absolute atomic E-state index is 10.7. The molecule has 0 amide bonds. The van der Waals surface area contributed by atoms with E-state index in [0.29, 0.717) is 12.0 Å². The Morgan fingerprint density at radius 2 is 2.30 bits per heavy atom. The number of non-ortho nitro benzene ring substituents is 1. The molecule has 0 radical (unpaired) electrons. The molecule has 0 spiro atoms. The summed E-state index contributed by atoms with van der Waals surface area (Å²) in [5, 5.41) is 14.3. The zero-order chi connectivity index (χ0) is 14.7. The maximum Gasteiger partial charge on any atom is 0.270 e. The third-order valence-corrected chi connectivity index (χ3v) is 4.65. The van der Waals surface area contributed by atoms with Gasteiger partial charge in [0.15, 0.2) is 0 Å². The van der Waals surface area contributed by atoms with E-state index in [2.05, 4.69) is 40.1 Å². The summed E-state index contributed by atoms with van der Waals surface area (Å²) in [5.41, 5.74) is 1.18. The first kappa shape index (κ1) is 15.4. The van der Waals surface area contributed by atoms with E-state index in [9.17, 15) is 10.1 Å². The summed E-state index contributed by atoms with van der Waals surface area (Å²) in [6, 6.07) is 5.44. The van der Waals surface area contributed by atoms with Gasteiger partial charge in [-0.3, -0.25) is 10.1 Å². The second kappa shape index (κ2) is 6.65. The third kappa shape index (κ3) is 3.77. The molecular weight excluding hydrogens is 322 g/mol. The average molecular weight is 342 g/mol. The van der Waals surface area contributed by atoms with Crippen LogP contribution in [0, 0.1) is 16.0 Å². The Morgan fingerprint density at radius 3 is 2.90 bits per heavy atom. The maximum atomic E-state index is 10.7. The molecule has 5 nitrogen and oxygen atoms in total. The highest BCUT2D eigenvalue weighted by Crippen LogP contribution is 2.24. The van der Waals surface area contributed by atoms with Gasteiger partial charge in [0.1, 0.15) is 0 Å². The SMILES string of the molecule is CC1CN(C)CCC1NCc1ccc([N+](=O)[O-])cc1Br. The molecule has 1 aromatic carbocycles. The molecule has 1 aromatic rings. The fourth-order valence-electron chi connectivity index (χ4n) is 2.69. The van der Waals surface area contributed by atoms with Crippen molar-refractivity contribution in [2.45, 2.75) is 25.9 Å². The van der Waals surface area contributed by atoms with Crippen molar-refractivity contribution < 1.29 is 4.92 Å². The van der Waals surface area contributed by atoms with Gasteiger partial charge in [-0.15, -0.1) is 0 Å². The molecule has 2 atom stereocenters. The van der Waals surface area contributed by atoms with Crippen molar-refractivity contribution in [2.24, 2.45) is 5.92 Å². The highest BCUT2D eigenvalue weighted by Gasteiger charge is 2.23. The molecule has 1 heterocycles. The van der Waals surface area contributed by atoms with Gasteiger partial charge in [-0.2, -0.15) is 0 Å². The van der Waals surface area contributed by atoms with E-state index in [-0.39, 0.29) is 10.6 Å². The molecule has 1 aliphatic rings. The van der Waals surface area contributed by atoms with Crippen LogP contribution in [0.2, 0.25) is 0 Å². The van der Waals surface area contributed by atoms with E-state index in [1.807, 2.05) is 6.07 Å². The summed E-state index contributed by atoms with van der Waals surface area (Å²) in [6.45, 7) is 5.22. The van der Waals surface area contributed by atoms with Crippen LogP contribution < -0.4 is 5.32 Å². The first-order valence-corrected chi connectivity index (χ1v) is 7.61. The van der Waals surface area contributed by atoms with Crippen molar-refractivity contribution in [1.82, 2.24) is 10.2 Å². The lowest BCUT2D eigenvalue weighted by atomic mass is 9.94. The zero-order valence-corrected chi connectivity index (χ0v) is 13.4. The molecule has 1 N–H and O–H groups in total. The van der Waals surface area contributed by atoms with Crippen LogP contribution in [0.1, 0.15) is 18.9 Å². The van der Waals surface area contributed by atoms with Crippen molar-refractivity contribution in [2.75, 3.05) is 20.1 Å².